The summed E-state index contributed by atoms with van der Waals surface area (Å²) in [6, 6.07) is 10.1. The van der Waals surface area contributed by atoms with Crippen molar-refractivity contribution in [1.29, 1.82) is 0 Å². The lowest BCUT2D eigenvalue weighted by Crippen LogP contribution is -2.60. The number of anilines is 2. The van der Waals surface area contributed by atoms with Crippen LogP contribution in [0.25, 0.3) is 0 Å². The topological polar surface area (TPSA) is 86.4 Å². The first-order chi connectivity index (χ1) is 13.7. The van der Waals surface area contributed by atoms with Gasteiger partial charge >= 0.3 is 6.03 Å². The minimum absolute atomic E-state index is 0.0989. The van der Waals surface area contributed by atoms with Gasteiger partial charge < -0.3 is 16.0 Å². The summed E-state index contributed by atoms with van der Waals surface area (Å²) in [6.45, 7) is 8.17. The number of pyridine rings is 1. The van der Waals surface area contributed by atoms with Crippen LogP contribution in [0.15, 0.2) is 42.6 Å². The molecular weight excluding hydrogens is 390 g/mol. The van der Waals surface area contributed by atoms with Crippen molar-refractivity contribution in [2.45, 2.75) is 38.8 Å². The van der Waals surface area contributed by atoms with Crippen molar-refractivity contribution in [3.8, 4) is 0 Å². The average molecular weight is 416 g/mol. The minimum Gasteiger partial charge on any atom is -0.336 e. The Balaban J connectivity index is 1.53. The molecule has 1 fully saturated rings. The highest BCUT2D eigenvalue weighted by atomic mass is 35.5. The molecule has 2 aromatic rings. The molecule has 8 heteroatoms. The fourth-order valence-electron chi connectivity index (χ4n) is 3.30. The number of amides is 3. The van der Waals surface area contributed by atoms with E-state index >= 15 is 0 Å². The second kappa shape index (κ2) is 8.80. The van der Waals surface area contributed by atoms with Crippen LogP contribution >= 0.6 is 11.6 Å². The van der Waals surface area contributed by atoms with Crippen LogP contribution in [0, 0.1) is 0 Å². The van der Waals surface area contributed by atoms with Crippen LogP contribution < -0.4 is 16.0 Å². The summed E-state index contributed by atoms with van der Waals surface area (Å²) >= 11 is 5.80. The van der Waals surface area contributed by atoms with Crippen molar-refractivity contribution < 1.29 is 9.59 Å². The van der Waals surface area contributed by atoms with Gasteiger partial charge in [0, 0.05) is 42.1 Å². The van der Waals surface area contributed by atoms with E-state index in [0.717, 1.165) is 13.0 Å². The Hall–Kier alpha value is -2.64. The van der Waals surface area contributed by atoms with Gasteiger partial charge in [-0.25, -0.2) is 9.78 Å². The molecule has 3 rings (SSSR count). The molecule has 3 amide bonds. The largest absolute Gasteiger partial charge is 0.336 e. The molecule has 1 aliphatic rings. The SMILES string of the molecule is CC(C)(C)N1CCC1CNC(=O)Nc1cccc(C(=O)Nc2ccc(Cl)cn2)c1. The Morgan fingerprint density at radius 2 is 2.00 bits per heavy atom. The predicted octanol–water partition coefficient (Wildman–Crippen LogP) is 3.98. The van der Waals surface area contributed by atoms with Gasteiger partial charge in [-0.1, -0.05) is 17.7 Å². The van der Waals surface area contributed by atoms with Crippen molar-refractivity contribution in [3.05, 3.63) is 53.2 Å². The number of hydrogen-bond acceptors (Lipinski definition) is 4. The lowest BCUT2D eigenvalue weighted by atomic mass is 9.93. The molecule has 3 N–H and O–H groups in total. The lowest BCUT2D eigenvalue weighted by molar-refractivity contribution is 0.00401. The zero-order valence-corrected chi connectivity index (χ0v) is 17.6. The maximum Gasteiger partial charge on any atom is 0.319 e. The molecule has 1 aliphatic heterocycles. The fourth-order valence-corrected chi connectivity index (χ4v) is 3.41. The van der Waals surface area contributed by atoms with Crippen LogP contribution in [0.3, 0.4) is 0 Å². The molecule has 0 spiro atoms. The number of nitrogens with zero attached hydrogens (tertiary/aromatic N) is 2. The normalized spacial score (nSPS) is 16.6. The highest BCUT2D eigenvalue weighted by Gasteiger charge is 2.35. The number of rotatable bonds is 5. The van der Waals surface area contributed by atoms with Crippen LogP contribution in [0.4, 0.5) is 16.3 Å². The summed E-state index contributed by atoms with van der Waals surface area (Å²) in [5.41, 5.74) is 1.06. The Morgan fingerprint density at radius 1 is 1.21 bits per heavy atom. The minimum atomic E-state index is -0.320. The van der Waals surface area contributed by atoms with Gasteiger partial charge in [-0.3, -0.25) is 9.69 Å². The van der Waals surface area contributed by atoms with Crippen molar-refractivity contribution in [3.63, 3.8) is 0 Å². The van der Waals surface area contributed by atoms with Gasteiger partial charge in [0.15, 0.2) is 0 Å². The van der Waals surface area contributed by atoms with Crippen LogP contribution in [0.2, 0.25) is 5.02 Å². The molecule has 1 aromatic heterocycles. The van der Waals surface area contributed by atoms with Crippen molar-refractivity contribution in [2.24, 2.45) is 0 Å². The van der Waals surface area contributed by atoms with Gasteiger partial charge in [0.05, 0.1) is 5.02 Å². The zero-order chi connectivity index (χ0) is 21.0. The molecule has 0 aliphatic carbocycles. The van der Waals surface area contributed by atoms with Crippen molar-refractivity contribution in [2.75, 3.05) is 23.7 Å². The molecule has 1 saturated heterocycles. The van der Waals surface area contributed by atoms with E-state index in [0.29, 0.717) is 34.7 Å². The van der Waals surface area contributed by atoms with Gasteiger partial charge in [0.25, 0.3) is 5.91 Å². The molecule has 154 valence electrons. The predicted molar refractivity (Wildman–Crippen MR) is 116 cm³/mol. The first kappa shape index (κ1) is 21.1. The molecule has 7 nitrogen and oxygen atoms in total. The Labute approximate surface area is 175 Å². The van der Waals surface area contributed by atoms with E-state index in [1.54, 1.807) is 36.4 Å². The van der Waals surface area contributed by atoms with Crippen LogP contribution in [-0.2, 0) is 0 Å². The summed E-state index contributed by atoms with van der Waals surface area (Å²) in [4.78, 5) is 31.1. The summed E-state index contributed by atoms with van der Waals surface area (Å²) < 4.78 is 0. The summed E-state index contributed by atoms with van der Waals surface area (Å²) in [7, 11) is 0. The number of aromatic nitrogens is 1. The van der Waals surface area contributed by atoms with Crippen molar-refractivity contribution in [1.82, 2.24) is 15.2 Å². The second-order valence-electron chi connectivity index (χ2n) is 8.04. The first-order valence-electron chi connectivity index (χ1n) is 9.57. The maximum absolute atomic E-state index is 12.4. The number of halogens is 1. The number of urea groups is 1. The first-order valence-corrected chi connectivity index (χ1v) is 9.95. The number of likely N-dealkylation sites (tertiary alicyclic amines) is 1. The Bertz CT molecular complexity index is 879. The molecule has 0 saturated carbocycles. The van der Waals surface area contributed by atoms with Gasteiger partial charge in [0.1, 0.15) is 5.82 Å². The lowest BCUT2D eigenvalue weighted by Gasteiger charge is -2.49. The molecule has 0 bridgehead atoms. The molecule has 2 heterocycles. The molecule has 1 aromatic carbocycles. The Kier molecular flexibility index (Phi) is 6.39. The standard InChI is InChI=1S/C21H26ClN5O2/c1-21(2,3)27-10-9-17(27)13-24-20(29)25-16-6-4-5-14(11-16)19(28)26-18-8-7-15(22)12-23-18/h4-8,11-12,17H,9-10,13H2,1-3H3,(H,23,26,28)(H2,24,25,29). The average Bonchev–Trinajstić information content (AvgIpc) is 2.61. The summed E-state index contributed by atoms with van der Waals surface area (Å²) in [5.74, 6) is 0.0820. The van der Waals surface area contributed by atoms with Gasteiger partial charge in [-0.15, -0.1) is 0 Å². The third-order valence-corrected chi connectivity index (χ3v) is 5.08. The van der Waals surface area contributed by atoms with E-state index in [2.05, 4.69) is 46.6 Å². The van der Waals surface area contributed by atoms with Crippen molar-refractivity contribution >= 4 is 35.0 Å². The van der Waals surface area contributed by atoms with E-state index in [-0.39, 0.29) is 17.5 Å². The van der Waals surface area contributed by atoms with Gasteiger partial charge in [0.2, 0.25) is 0 Å². The molecular formula is C21H26ClN5O2. The second-order valence-corrected chi connectivity index (χ2v) is 8.47. The summed E-state index contributed by atoms with van der Waals surface area (Å²) in [5, 5.41) is 8.89. The van der Waals surface area contributed by atoms with Crippen LogP contribution in [0.1, 0.15) is 37.6 Å². The van der Waals surface area contributed by atoms with E-state index in [4.69, 9.17) is 11.6 Å². The highest BCUT2D eigenvalue weighted by molar-refractivity contribution is 6.30. The molecule has 0 radical (unpaired) electrons. The number of carbonyl (C=O) groups is 2. The van der Waals surface area contributed by atoms with Crippen LogP contribution in [-0.4, -0.2) is 46.5 Å². The Morgan fingerprint density at radius 3 is 2.62 bits per heavy atom. The number of benzene rings is 1. The van der Waals surface area contributed by atoms with E-state index < -0.39 is 0 Å². The maximum atomic E-state index is 12.4. The number of nitrogens with one attached hydrogen (secondary N) is 3. The van der Waals surface area contributed by atoms with E-state index in [1.165, 1.54) is 6.20 Å². The van der Waals surface area contributed by atoms with E-state index in [9.17, 15) is 9.59 Å². The molecule has 1 unspecified atom stereocenters. The number of hydrogen-bond donors (Lipinski definition) is 3. The monoisotopic (exact) mass is 415 g/mol. The zero-order valence-electron chi connectivity index (χ0n) is 16.8. The van der Waals surface area contributed by atoms with Gasteiger partial charge in [-0.2, -0.15) is 0 Å². The van der Waals surface area contributed by atoms with Gasteiger partial charge in [-0.05, 0) is 57.5 Å². The fraction of sp³-hybridized carbons (Fsp3) is 0.381. The van der Waals surface area contributed by atoms with Crippen LogP contribution in [0.5, 0.6) is 0 Å². The van der Waals surface area contributed by atoms with E-state index in [1.807, 2.05) is 0 Å². The molecule has 1 atom stereocenters. The smallest absolute Gasteiger partial charge is 0.319 e. The summed E-state index contributed by atoms with van der Waals surface area (Å²) in [6.07, 6.45) is 2.54. The quantitative estimate of drug-likeness (QED) is 0.689. The number of carbonyl (C=O) groups excluding carboxylic acids is 2. The third kappa shape index (κ3) is 5.68. The third-order valence-electron chi connectivity index (χ3n) is 4.86. The molecule has 29 heavy (non-hydrogen) atoms. The highest BCUT2D eigenvalue weighted by Crippen LogP contribution is 2.26.